The lowest BCUT2D eigenvalue weighted by atomic mass is 9.87. The number of thioether (sulfide) groups is 1. The molecule has 28 nitrogen and oxygen atoms in total. The summed E-state index contributed by atoms with van der Waals surface area (Å²) in [4.78, 5) is 106. The average Bonchev–Trinajstić information content (AvgIpc) is 3.91. The molecule has 2 amide bonds. The van der Waals surface area contributed by atoms with Crippen LogP contribution in [0.5, 0.6) is 0 Å². The van der Waals surface area contributed by atoms with Crippen molar-refractivity contribution in [3.63, 3.8) is 0 Å². The summed E-state index contributed by atoms with van der Waals surface area (Å²) in [7, 11) is -16.6. The van der Waals surface area contributed by atoms with Crippen LogP contribution in [0.25, 0.3) is 27.8 Å². The van der Waals surface area contributed by atoms with Gasteiger partial charge < -0.3 is 65.7 Å². The van der Waals surface area contributed by atoms with Gasteiger partial charge in [-0.3, -0.25) is 37.3 Å². The Hall–Kier alpha value is -5.24. The van der Waals surface area contributed by atoms with Crippen molar-refractivity contribution in [3.05, 3.63) is 82.4 Å². The number of phosphoric ester groups is 3. The Morgan fingerprint density at radius 2 is 1.71 bits per heavy atom. The normalized spacial score (nSPS) is 21.2. The van der Waals surface area contributed by atoms with Crippen molar-refractivity contribution in [3.8, 4) is 5.69 Å². The zero-order valence-electron chi connectivity index (χ0n) is 40.7. The minimum Gasteiger partial charge on any atom is -0.386 e. The molecule has 2 aromatic carbocycles. The topological polar surface area (TPSA) is 401 Å². The second kappa shape index (κ2) is 24.0. The maximum atomic E-state index is 15.7. The average molecular weight is 1170 g/mol. The lowest BCUT2D eigenvalue weighted by Crippen LogP contribution is -2.49. The number of pyridine rings is 1. The number of aliphatic hydroxyl groups is 2. The number of nitrogens with two attached hydrogens (primary N) is 1. The van der Waals surface area contributed by atoms with Crippen LogP contribution in [-0.2, 0) is 45.9 Å². The number of imidazole rings is 1. The Kier molecular flexibility index (Phi) is 18.5. The fraction of sp³-hybridized carbons (Fsp3) is 0.452. The van der Waals surface area contributed by atoms with Gasteiger partial charge in [0.1, 0.15) is 53.7 Å². The van der Waals surface area contributed by atoms with Gasteiger partial charge in [-0.25, -0.2) is 41.8 Å². The minimum absolute atomic E-state index is 0.000461. The second-order valence-electron chi connectivity index (χ2n) is 18.2. The van der Waals surface area contributed by atoms with Crippen molar-refractivity contribution in [2.75, 3.05) is 62.3 Å². The van der Waals surface area contributed by atoms with E-state index in [4.69, 9.17) is 19.5 Å². The van der Waals surface area contributed by atoms with E-state index >= 15 is 8.78 Å². The van der Waals surface area contributed by atoms with E-state index in [1.165, 1.54) is 24.5 Å². The van der Waals surface area contributed by atoms with Gasteiger partial charge in [-0.15, -0.1) is 0 Å². The molecule has 2 saturated heterocycles. The number of phosphoric acid groups is 3. The number of benzene rings is 2. The first-order valence-electron chi connectivity index (χ1n) is 22.9. The summed E-state index contributed by atoms with van der Waals surface area (Å²) in [5.74, 6) is -4.54. The Labute approximate surface area is 437 Å². The zero-order chi connectivity index (χ0) is 56.4. The molecule has 0 bridgehead atoms. The number of nitrogen functional groups attached to an aromatic ring is 1. The number of piperazine rings is 1. The highest BCUT2D eigenvalue weighted by molar-refractivity contribution is 8.14. The van der Waals surface area contributed by atoms with Gasteiger partial charge in [-0.2, -0.15) is 4.31 Å². The van der Waals surface area contributed by atoms with Gasteiger partial charge in [0.2, 0.25) is 22.4 Å². The molecule has 5 aromatic rings. The minimum atomic E-state index is -5.65. The summed E-state index contributed by atoms with van der Waals surface area (Å²) in [6, 6.07) is 5.07. The van der Waals surface area contributed by atoms with Crippen LogP contribution in [-0.4, -0.2) is 153 Å². The standard InChI is InChI=1S/C42H52F3N10O18P3S/c1-21-15-53(10-8-47-21)29-14-28-23(13-26(29)45)33(57)24(16-54(28)27-5-4-22(43)12-25(27)44)41(61)77-11-9-48-31(56)6-7-49-39(60)36(59)42(2,3)18-70-76(67,68)73-75(65,66)69-17-30-35(72-74(62,63)64)34(58)40(71-30)55-20-52-32-37(46)50-19-51-38(32)55/h4-5,12-14,16,19-21,30,34-36,40,47,58-59H,6-11,15,17-18H2,1-3H3,(H,48,56)(H,49,60)(H,65,66)(H,67,68)(H2,46,50,51)(H2,62,63,64). The predicted molar refractivity (Wildman–Crippen MR) is 266 cm³/mol. The molecular formula is C42H52F3N10O18P3S. The van der Waals surface area contributed by atoms with Crippen LogP contribution in [0.15, 0.2) is 54.0 Å². The molecule has 8 unspecified atom stereocenters. The first kappa shape index (κ1) is 59.4. The van der Waals surface area contributed by atoms with E-state index in [1.54, 1.807) is 4.90 Å². The third kappa shape index (κ3) is 14.5. The lowest BCUT2D eigenvalue weighted by molar-refractivity contribution is -0.137. The number of fused-ring (bicyclic) bond motifs is 2. The van der Waals surface area contributed by atoms with Crippen LogP contribution in [0.2, 0.25) is 0 Å². The first-order chi connectivity index (χ1) is 36.0. The number of aromatic nitrogens is 5. The van der Waals surface area contributed by atoms with Gasteiger partial charge in [-0.1, -0.05) is 25.6 Å². The van der Waals surface area contributed by atoms with Gasteiger partial charge in [0, 0.05) is 74.0 Å². The maximum absolute atomic E-state index is 15.7. The maximum Gasteiger partial charge on any atom is 0.481 e. The van der Waals surface area contributed by atoms with E-state index in [-0.39, 0.29) is 70.6 Å². The number of nitrogens with one attached hydrogen (secondary N) is 3. The number of ether oxygens (including phenoxy) is 1. The van der Waals surface area contributed by atoms with E-state index in [0.29, 0.717) is 37.5 Å². The highest BCUT2D eigenvalue weighted by atomic mass is 32.2. The smallest absolute Gasteiger partial charge is 0.386 e. The number of rotatable bonds is 22. The molecule has 3 aromatic heterocycles. The number of nitrogens with zero attached hydrogens (tertiary/aromatic N) is 6. The fourth-order valence-electron chi connectivity index (χ4n) is 8.10. The Balaban J connectivity index is 0.872. The number of hydrogen-bond donors (Lipinski definition) is 10. The summed E-state index contributed by atoms with van der Waals surface area (Å²) < 4.78 is 109. The molecule has 5 heterocycles. The summed E-state index contributed by atoms with van der Waals surface area (Å²) in [6.45, 7) is 3.06. The van der Waals surface area contributed by atoms with Gasteiger partial charge >= 0.3 is 23.5 Å². The predicted octanol–water partition coefficient (Wildman–Crippen LogP) is 1.50. The van der Waals surface area contributed by atoms with E-state index in [1.807, 2.05) is 6.92 Å². The molecule has 11 N–H and O–H groups in total. The SMILES string of the molecule is CC1CN(c2cc3c(cc2F)c(=O)c(C(=O)SCCNC(=O)CCNC(=O)C(O)C(C)(C)COP(=O)(O)OP(=O)(O)OCC2OC(n4cnc5c(N)ncnc54)C(O)C2OP(=O)(O)O)cn3-c2ccc(F)cc2F)CCN1. The number of carbonyl (C=O) groups excluding carboxylic acids is 3. The van der Waals surface area contributed by atoms with Crippen molar-refractivity contribution in [2.24, 2.45) is 5.41 Å². The van der Waals surface area contributed by atoms with Crippen molar-refractivity contribution in [1.29, 1.82) is 0 Å². The van der Waals surface area contributed by atoms with Crippen LogP contribution < -0.4 is 32.0 Å². The molecule has 35 heteroatoms. The van der Waals surface area contributed by atoms with Crippen LogP contribution >= 0.6 is 35.2 Å². The summed E-state index contributed by atoms with van der Waals surface area (Å²) in [6.07, 6.45) is -6.36. The van der Waals surface area contributed by atoms with E-state index < -0.39 is 118 Å². The van der Waals surface area contributed by atoms with Gasteiger partial charge in [0.15, 0.2) is 17.7 Å². The zero-order valence-corrected chi connectivity index (χ0v) is 44.2. The van der Waals surface area contributed by atoms with Crippen LogP contribution in [0.1, 0.15) is 43.8 Å². The van der Waals surface area contributed by atoms with Crippen molar-refractivity contribution >= 4 is 85.7 Å². The molecule has 0 spiro atoms. The summed E-state index contributed by atoms with van der Waals surface area (Å²) in [5, 5.41) is 28.7. The number of anilines is 2. The molecule has 2 aliphatic rings. The number of halogens is 3. The van der Waals surface area contributed by atoms with Gasteiger partial charge in [-0.05, 0) is 31.2 Å². The molecule has 0 aliphatic carbocycles. The molecule has 0 saturated carbocycles. The quantitative estimate of drug-likeness (QED) is 0.0347. The van der Waals surface area contributed by atoms with Gasteiger partial charge in [0.25, 0.3) is 0 Å². The van der Waals surface area contributed by atoms with E-state index in [9.17, 15) is 67.1 Å². The Bertz CT molecular complexity index is 3270. The Morgan fingerprint density at radius 1 is 1.00 bits per heavy atom. The molecule has 7 rings (SSSR count). The van der Waals surface area contributed by atoms with Crippen molar-refractivity contribution in [1.82, 2.24) is 40.0 Å². The highest BCUT2D eigenvalue weighted by Gasteiger charge is 2.50. The third-order valence-corrected chi connectivity index (χ3v) is 15.9. The number of hydrogen-bond acceptors (Lipinski definition) is 21. The first-order valence-corrected chi connectivity index (χ1v) is 28.4. The second-order valence-corrected chi connectivity index (χ2v) is 23.5. The monoisotopic (exact) mass is 1170 g/mol. The highest BCUT2D eigenvalue weighted by Crippen LogP contribution is 2.61. The number of amides is 2. The lowest BCUT2D eigenvalue weighted by Gasteiger charge is -2.34. The molecule has 2 fully saturated rings. The van der Waals surface area contributed by atoms with Crippen molar-refractivity contribution in [2.45, 2.75) is 63.9 Å². The number of carbonyl (C=O) groups is 3. The third-order valence-electron chi connectivity index (χ3n) is 11.9. The molecule has 2 aliphatic heterocycles. The van der Waals surface area contributed by atoms with Crippen LogP contribution in [0.4, 0.5) is 24.7 Å². The van der Waals surface area contributed by atoms with Crippen LogP contribution in [0.3, 0.4) is 0 Å². The fourth-order valence-corrected chi connectivity index (χ4v) is 11.6. The summed E-state index contributed by atoms with van der Waals surface area (Å²) in [5.41, 5.74) is 2.79. The largest absolute Gasteiger partial charge is 0.481 e. The van der Waals surface area contributed by atoms with Crippen molar-refractivity contribution < 1.29 is 93.7 Å². The Morgan fingerprint density at radius 3 is 2.42 bits per heavy atom. The van der Waals surface area contributed by atoms with Gasteiger partial charge in [0.05, 0.1) is 42.0 Å². The van der Waals surface area contributed by atoms with E-state index in [0.717, 1.165) is 41.6 Å². The molecule has 8 atom stereocenters. The molecular weight excluding hydrogens is 1110 g/mol. The van der Waals surface area contributed by atoms with Crippen LogP contribution in [0, 0.1) is 22.9 Å². The molecule has 420 valence electrons. The molecule has 0 radical (unpaired) electrons. The number of aliphatic hydroxyl groups excluding tert-OH is 2. The van der Waals surface area contributed by atoms with E-state index in [2.05, 4.69) is 39.7 Å². The summed E-state index contributed by atoms with van der Waals surface area (Å²) >= 11 is 0.611. The molecule has 77 heavy (non-hydrogen) atoms.